The van der Waals surface area contributed by atoms with Crippen LogP contribution in [0.4, 0.5) is 0 Å². The number of rotatable bonds is 4. The quantitative estimate of drug-likeness (QED) is 0.761. The summed E-state index contributed by atoms with van der Waals surface area (Å²) in [5.74, 6) is -0.0751. The third-order valence-electron chi connectivity index (χ3n) is 2.86. The molecule has 0 spiro atoms. The topological polar surface area (TPSA) is 57.8 Å². The first-order valence-electron chi connectivity index (χ1n) is 5.81. The standard InChI is InChI=1S/C12H17N3O/c16-12(11-8-13-9-15-11)14-7-6-10-4-2-1-3-5-10/h4,8-9H,1-3,5-7H2,(H,13,15)(H,14,16). The number of carbonyl (C=O) groups excluding carboxylic acids is 1. The number of nitrogens with zero attached hydrogens (tertiary/aromatic N) is 1. The third-order valence-corrected chi connectivity index (χ3v) is 2.86. The molecule has 1 aliphatic rings. The first-order valence-corrected chi connectivity index (χ1v) is 5.81. The van der Waals surface area contributed by atoms with Crippen molar-refractivity contribution in [3.63, 3.8) is 0 Å². The Hall–Kier alpha value is -1.58. The first kappa shape index (κ1) is 10.9. The Balaban J connectivity index is 1.72. The highest BCUT2D eigenvalue weighted by atomic mass is 16.1. The maximum atomic E-state index is 11.5. The molecule has 0 aromatic carbocycles. The summed E-state index contributed by atoms with van der Waals surface area (Å²) in [5.41, 5.74) is 2.01. The summed E-state index contributed by atoms with van der Waals surface area (Å²) < 4.78 is 0. The van der Waals surface area contributed by atoms with Crippen LogP contribution in [0.15, 0.2) is 24.2 Å². The highest BCUT2D eigenvalue weighted by Crippen LogP contribution is 2.19. The summed E-state index contributed by atoms with van der Waals surface area (Å²) in [5, 5.41) is 2.88. The zero-order valence-electron chi connectivity index (χ0n) is 9.33. The monoisotopic (exact) mass is 219 g/mol. The fourth-order valence-corrected chi connectivity index (χ4v) is 1.94. The minimum Gasteiger partial charge on any atom is -0.350 e. The van der Waals surface area contributed by atoms with E-state index < -0.39 is 0 Å². The average molecular weight is 219 g/mol. The molecule has 0 saturated heterocycles. The van der Waals surface area contributed by atoms with E-state index in [0.717, 1.165) is 6.42 Å². The molecule has 4 heteroatoms. The molecule has 1 heterocycles. The van der Waals surface area contributed by atoms with Crippen molar-refractivity contribution in [1.29, 1.82) is 0 Å². The van der Waals surface area contributed by atoms with E-state index in [-0.39, 0.29) is 5.91 Å². The lowest BCUT2D eigenvalue weighted by molar-refractivity contribution is 0.0949. The van der Waals surface area contributed by atoms with Crippen molar-refractivity contribution < 1.29 is 4.79 Å². The molecule has 16 heavy (non-hydrogen) atoms. The third kappa shape index (κ3) is 2.95. The number of imidazole rings is 1. The molecule has 4 nitrogen and oxygen atoms in total. The predicted octanol–water partition coefficient (Wildman–Crippen LogP) is 2.03. The maximum Gasteiger partial charge on any atom is 0.269 e. The van der Waals surface area contributed by atoms with Gasteiger partial charge in [-0.2, -0.15) is 0 Å². The van der Waals surface area contributed by atoms with Crippen LogP contribution < -0.4 is 5.32 Å². The smallest absolute Gasteiger partial charge is 0.269 e. The molecule has 0 radical (unpaired) electrons. The average Bonchev–Trinajstić information content (AvgIpc) is 2.84. The van der Waals surface area contributed by atoms with Crippen LogP contribution in [0.5, 0.6) is 0 Å². The van der Waals surface area contributed by atoms with E-state index in [1.165, 1.54) is 43.8 Å². The van der Waals surface area contributed by atoms with Crippen LogP contribution >= 0.6 is 0 Å². The van der Waals surface area contributed by atoms with Gasteiger partial charge in [-0.3, -0.25) is 4.79 Å². The SMILES string of the molecule is O=C(NCCC1=CCCCC1)c1cnc[nH]1. The number of hydrogen-bond donors (Lipinski definition) is 2. The summed E-state index contributed by atoms with van der Waals surface area (Å²) in [6.45, 7) is 0.712. The largest absolute Gasteiger partial charge is 0.350 e. The number of allylic oxidation sites excluding steroid dienone is 1. The van der Waals surface area contributed by atoms with Crippen LogP contribution in [-0.2, 0) is 0 Å². The Bertz CT molecular complexity index is 368. The highest BCUT2D eigenvalue weighted by molar-refractivity contribution is 5.91. The van der Waals surface area contributed by atoms with Gasteiger partial charge in [-0.05, 0) is 32.1 Å². The minimum atomic E-state index is -0.0751. The van der Waals surface area contributed by atoms with Gasteiger partial charge in [-0.25, -0.2) is 4.98 Å². The van der Waals surface area contributed by atoms with Crippen molar-refractivity contribution in [3.8, 4) is 0 Å². The highest BCUT2D eigenvalue weighted by Gasteiger charge is 2.07. The van der Waals surface area contributed by atoms with Crippen LogP contribution in [0.3, 0.4) is 0 Å². The van der Waals surface area contributed by atoms with Crippen LogP contribution in [0.1, 0.15) is 42.6 Å². The van der Waals surface area contributed by atoms with Crippen LogP contribution in [-0.4, -0.2) is 22.4 Å². The lowest BCUT2D eigenvalue weighted by Crippen LogP contribution is -2.25. The zero-order valence-corrected chi connectivity index (χ0v) is 9.33. The van der Waals surface area contributed by atoms with Gasteiger partial charge < -0.3 is 10.3 Å². The fraction of sp³-hybridized carbons (Fsp3) is 0.500. The number of aromatic nitrogens is 2. The molecule has 1 amide bonds. The van der Waals surface area contributed by atoms with E-state index in [2.05, 4.69) is 21.4 Å². The molecule has 0 unspecified atom stereocenters. The van der Waals surface area contributed by atoms with E-state index in [0.29, 0.717) is 12.2 Å². The molecule has 1 aromatic rings. The molecular weight excluding hydrogens is 202 g/mol. The molecule has 0 saturated carbocycles. The van der Waals surface area contributed by atoms with Crippen molar-refractivity contribution in [2.24, 2.45) is 0 Å². The molecule has 0 bridgehead atoms. The minimum absolute atomic E-state index is 0.0751. The fourth-order valence-electron chi connectivity index (χ4n) is 1.94. The molecule has 1 aromatic heterocycles. The number of aromatic amines is 1. The predicted molar refractivity (Wildman–Crippen MR) is 62.1 cm³/mol. The summed E-state index contributed by atoms with van der Waals surface area (Å²) >= 11 is 0. The van der Waals surface area contributed by atoms with Gasteiger partial charge in [0.15, 0.2) is 0 Å². The van der Waals surface area contributed by atoms with Crippen LogP contribution in [0, 0.1) is 0 Å². The van der Waals surface area contributed by atoms with Crippen LogP contribution in [0.25, 0.3) is 0 Å². The number of carbonyl (C=O) groups is 1. The number of nitrogens with one attached hydrogen (secondary N) is 2. The molecule has 0 atom stereocenters. The lowest BCUT2D eigenvalue weighted by atomic mass is 9.97. The number of H-pyrrole nitrogens is 1. The summed E-state index contributed by atoms with van der Waals surface area (Å²) in [7, 11) is 0. The lowest BCUT2D eigenvalue weighted by Gasteiger charge is -2.12. The normalized spacial score (nSPS) is 15.6. The Morgan fingerprint density at radius 3 is 3.12 bits per heavy atom. The maximum absolute atomic E-state index is 11.5. The van der Waals surface area contributed by atoms with Crippen molar-refractivity contribution in [1.82, 2.24) is 15.3 Å². The van der Waals surface area contributed by atoms with Crippen LogP contribution in [0.2, 0.25) is 0 Å². The van der Waals surface area contributed by atoms with Gasteiger partial charge in [-0.15, -0.1) is 0 Å². The van der Waals surface area contributed by atoms with E-state index in [1.807, 2.05) is 0 Å². The summed E-state index contributed by atoms with van der Waals surface area (Å²) in [6, 6.07) is 0. The van der Waals surface area contributed by atoms with Gasteiger partial charge in [0.2, 0.25) is 0 Å². The van der Waals surface area contributed by atoms with E-state index in [4.69, 9.17) is 0 Å². The molecule has 1 aliphatic carbocycles. The molecule has 2 N–H and O–H groups in total. The summed E-state index contributed by atoms with van der Waals surface area (Å²) in [6.07, 6.45) is 11.3. The molecule has 0 aliphatic heterocycles. The Kier molecular flexibility index (Phi) is 3.75. The molecule has 86 valence electrons. The van der Waals surface area contributed by atoms with Gasteiger partial charge in [0.25, 0.3) is 5.91 Å². The Morgan fingerprint density at radius 2 is 2.44 bits per heavy atom. The second-order valence-electron chi connectivity index (χ2n) is 4.08. The van der Waals surface area contributed by atoms with Gasteiger partial charge in [-0.1, -0.05) is 11.6 Å². The second-order valence-corrected chi connectivity index (χ2v) is 4.08. The summed E-state index contributed by atoms with van der Waals surface area (Å²) in [4.78, 5) is 18.1. The van der Waals surface area contributed by atoms with E-state index >= 15 is 0 Å². The van der Waals surface area contributed by atoms with Gasteiger partial charge in [0, 0.05) is 6.54 Å². The molecular formula is C12H17N3O. The Morgan fingerprint density at radius 1 is 1.50 bits per heavy atom. The second kappa shape index (κ2) is 5.49. The van der Waals surface area contributed by atoms with Crippen molar-refractivity contribution in [2.75, 3.05) is 6.54 Å². The van der Waals surface area contributed by atoms with Crippen molar-refractivity contribution >= 4 is 5.91 Å². The molecule has 2 rings (SSSR count). The van der Waals surface area contributed by atoms with Gasteiger partial charge in [0.1, 0.15) is 5.69 Å². The zero-order chi connectivity index (χ0) is 11.2. The van der Waals surface area contributed by atoms with Gasteiger partial charge >= 0.3 is 0 Å². The van der Waals surface area contributed by atoms with E-state index in [1.54, 1.807) is 0 Å². The van der Waals surface area contributed by atoms with E-state index in [9.17, 15) is 4.79 Å². The van der Waals surface area contributed by atoms with Crippen molar-refractivity contribution in [2.45, 2.75) is 32.1 Å². The number of amides is 1. The first-order chi connectivity index (χ1) is 7.86. The van der Waals surface area contributed by atoms with Gasteiger partial charge in [0.05, 0.1) is 12.5 Å². The van der Waals surface area contributed by atoms with Crippen molar-refractivity contribution in [3.05, 3.63) is 29.9 Å². The Labute approximate surface area is 95.2 Å². The number of hydrogen-bond acceptors (Lipinski definition) is 2. The molecule has 0 fully saturated rings.